The van der Waals surface area contributed by atoms with Gasteiger partial charge in [0, 0.05) is 46.9 Å². The summed E-state index contributed by atoms with van der Waals surface area (Å²) in [5, 5.41) is 4.91. The van der Waals surface area contributed by atoms with Gasteiger partial charge in [-0.05, 0) is 42.5 Å². The van der Waals surface area contributed by atoms with Gasteiger partial charge >= 0.3 is 0 Å². The van der Waals surface area contributed by atoms with E-state index in [-0.39, 0.29) is 5.91 Å². The Labute approximate surface area is 138 Å². The molecule has 4 rings (SSSR count). The molecule has 2 N–H and O–H groups in total. The fraction of sp³-hybridized carbons (Fsp3) is 0.105. The molecule has 2 aromatic carbocycles. The van der Waals surface area contributed by atoms with Crippen molar-refractivity contribution in [3.8, 4) is 5.75 Å². The van der Waals surface area contributed by atoms with Crippen LogP contribution in [0.25, 0.3) is 21.8 Å². The summed E-state index contributed by atoms with van der Waals surface area (Å²) in [5.74, 6) is 0.597. The minimum absolute atomic E-state index is 0.135. The van der Waals surface area contributed by atoms with E-state index in [0.29, 0.717) is 5.56 Å². The van der Waals surface area contributed by atoms with E-state index in [9.17, 15) is 4.79 Å². The molecule has 24 heavy (non-hydrogen) atoms. The quantitative estimate of drug-likeness (QED) is 0.601. The van der Waals surface area contributed by atoms with Gasteiger partial charge in [0.25, 0.3) is 5.91 Å². The summed E-state index contributed by atoms with van der Waals surface area (Å²) in [5.41, 5.74) is 3.43. The Balaban J connectivity index is 1.72. The number of methoxy groups -OCH3 is 1. The summed E-state index contributed by atoms with van der Waals surface area (Å²) >= 11 is 0. The van der Waals surface area contributed by atoms with Crippen molar-refractivity contribution in [1.29, 1.82) is 0 Å². The number of benzene rings is 2. The van der Waals surface area contributed by atoms with E-state index in [1.165, 1.54) is 0 Å². The van der Waals surface area contributed by atoms with Crippen molar-refractivity contribution in [2.45, 2.75) is 0 Å². The van der Waals surface area contributed by atoms with E-state index in [1.54, 1.807) is 7.11 Å². The van der Waals surface area contributed by atoms with Gasteiger partial charge in [0.1, 0.15) is 5.75 Å². The smallest absolute Gasteiger partial charge is 0.257 e. The summed E-state index contributed by atoms with van der Waals surface area (Å²) < 4.78 is 7.22. The highest BCUT2D eigenvalue weighted by Gasteiger charge is 2.15. The number of rotatable bonds is 3. The number of fused-ring (bicyclic) bond motifs is 2. The predicted octanol–water partition coefficient (Wildman–Crippen LogP) is 3.92. The molecule has 0 saturated carbocycles. The molecule has 0 fully saturated rings. The maximum atomic E-state index is 12.7. The Hall–Kier alpha value is -3.21. The van der Waals surface area contributed by atoms with Gasteiger partial charge in [0.15, 0.2) is 0 Å². The minimum Gasteiger partial charge on any atom is -0.497 e. The monoisotopic (exact) mass is 319 g/mol. The van der Waals surface area contributed by atoms with Crippen LogP contribution in [0.1, 0.15) is 10.4 Å². The third kappa shape index (κ3) is 2.31. The fourth-order valence-corrected chi connectivity index (χ4v) is 3.01. The molecule has 0 aliphatic rings. The van der Waals surface area contributed by atoms with E-state index in [4.69, 9.17) is 4.74 Å². The molecular formula is C19H17N3O2. The average molecular weight is 319 g/mol. The molecule has 2 aromatic heterocycles. The average Bonchev–Trinajstić information content (AvgIpc) is 3.18. The lowest BCUT2D eigenvalue weighted by Crippen LogP contribution is -2.11. The van der Waals surface area contributed by atoms with Crippen molar-refractivity contribution >= 4 is 33.4 Å². The molecule has 120 valence electrons. The first-order valence-electron chi connectivity index (χ1n) is 7.67. The van der Waals surface area contributed by atoms with E-state index in [0.717, 1.165) is 33.2 Å². The number of hydrogen-bond donors (Lipinski definition) is 2. The molecule has 0 bridgehead atoms. The highest BCUT2D eigenvalue weighted by atomic mass is 16.5. The molecule has 2 heterocycles. The number of aryl methyl sites for hydroxylation is 1. The summed E-state index contributed by atoms with van der Waals surface area (Å²) in [4.78, 5) is 15.9. The van der Waals surface area contributed by atoms with Gasteiger partial charge in [-0.2, -0.15) is 0 Å². The molecule has 0 saturated heterocycles. The highest BCUT2D eigenvalue weighted by molar-refractivity contribution is 6.13. The van der Waals surface area contributed by atoms with Crippen LogP contribution in [0.2, 0.25) is 0 Å². The zero-order valence-electron chi connectivity index (χ0n) is 13.5. The van der Waals surface area contributed by atoms with Gasteiger partial charge in [0.05, 0.1) is 12.7 Å². The SMILES string of the molecule is COc1ccc2c(c1)c(C(=O)Nc1ccc3[nH]ccc3c1)cn2C. The molecule has 0 atom stereocenters. The molecule has 5 nitrogen and oxygen atoms in total. The molecule has 4 aromatic rings. The molecule has 1 amide bonds. The number of anilines is 1. The van der Waals surface area contributed by atoms with Crippen LogP contribution in [-0.4, -0.2) is 22.6 Å². The van der Waals surface area contributed by atoms with Gasteiger partial charge in [-0.15, -0.1) is 0 Å². The van der Waals surface area contributed by atoms with Crippen molar-refractivity contribution in [2.75, 3.05) is 12.4 Å². The van der Waals surface area contributed by atoms with Crippen molar-refractivity contribution in [2.24, 2.45) is 7.05 Å². The zero-order valence-corrected chi connectivity index (χ0v) is 13.5. The number of nitrogens with one attached hydrogen (secondary N) is 2. The Morgan fingerprint density at radius 1 is 1.17 bits per heavy atom. The summed E-state index contributed by atoms with van der Waals surface area (Å²) in [6.07, 6.45) is 3.72. The van der Waals surface area contributed by atoms with Gasteiger partial charge in [-0.1, -0.05) is 0 Å². The van der Waals surface area contributed by atoms with Crippen LogP contribution in [0.4, 0.5) is 5.69 Å². The van der Waals surface area contributed by atoms with Crippen molar-refractivity contribution < 1.29 is 9.53 Å². The van der Waals surface area contributed by atoms with Crippen molar-refractivity contribution in [1.82, 2.24) is 9.55 Å². The van der Waals surface area contributed by atoms with Crippen LogP contribution in [0.15, 0.2) is 54.9 Å². The highest BCUT2D eigenvalue weighted by Crippen LogP contribution is 2.26. The van der Waals surface area contributed by atoms with Crippen molar-refractivity contribution in [3.05, 3.63) is 60.4 Å². The number of ether oxygens (including phenoxy) is 1. The fourth-order valence-electron chi connectivity index (χ4n) is 3.01. The lowest BCUT2D eigenvalue weighted by Gasteiger charge is -2.05. The molecule has 5 heteroatoms. The van der Waals surface area contributed by atoms with Crippen LogP contribution >= 0.6 is 0 Å². The number of hydrogen-bond acceptors (Lipinski definition) is 2. The van der Waals surface area contributed by atoms with Gasteiger partial charge in [-0.25, -0.2) is 0 Å². The number of carbonyl (C=O) groups excluding carboxylic acids is 1. The molecule has 0 aliphatic carbocycles. The summed E-state index contributed by atoms with van der Waals surface area (Å²) in [7, 11) is 3.55. The number of aromatic nitrogens is 2. The standard InChI is InChI=1S/C19H17N3O2/c1-22-11-16(15-10-14(24-2)4-6-18(15)22)19(23)21-13-3-5-17-12(9-13)7-8-20-17/h3-11,20H,1-2H3,(H,21,23). The van der Waals surface area contributed by atoms with E-state index in [1.807, 2.05) is 66.5 Å². The normalized spacial score (nSPS) is 11.1. The van der Waals surface area contributed by atoms with Crippen LogP contribution < -0.4 is 10.1 Å². The van der Waals surface area contributed by atoms with Gasteiger partial charge in [-0.3, -0.25) is 4.79 Å². The Kier molecular flexibility index (Phi) is 3.27. The maximum absolute atomic E-state index is 12.7. The number of H-pyrrole nitrogens is 1. The van der Waals surface area contributed by atoms with Crippen LogP contribution in [-0.2, 0) is 7.05 Å². The van der Waals surface area contributed by atoms with Crippen LogP contribution in [0.3, 0.4) is 0 Å². The lowest BCUT2D eigenvalue weighted by molar-refractivity contribution is 0.102. The van der Waals surface area contributed by atoms with E-state index >= 15 is 0 Å². The second-order valence-corrected chi connectivity index (χ2v) is 5.77. The van der Waals surface area contributed by atoms with Crippen LogP contribution in [0.5, 0.6) is 5.75 Å². The molecular weight excluding hydrogens is 302 g/mol. The number of nitrogens with zero attached hydrogens (tertiary/aromatic N) is 1. The number of amides is 1. The minimum atomic E-state index is -0.135. The predicted molar refractivity (Wildman–Crippen MR) is 95.7 cm³/mol. The van der Waals surface area contributed by atoms with E-state index < -0.39 is 0 Å². The largest absolute Gasteiger partial charge is 0.497 e. The number of aromatic amines is 1. The zero-order chi connectivity index (χ0) is 16.7. The third-order valence-electron chi connectivity index (χ3n) is 4.25. The third-order valence-corrected chi connectivity index (χ3v) is 4.25. The first kappa shape index (κ1) is 14.4. The Morgan fingerprint density at radius 2 is 2.04 bits per heavy atom. The van der Waals surface area contributed by atoms with E-state index in [2.05, 4.69) is 10.3 Å². The molecule has 0 aliphatic heterocycles. The second-order valence-electron chi connectivity index (χ2n) is 5.77. The summed E-state index contributed by atoms with van der Waals surface area (Å²) in [6.45, 7) is 0. The first-order valence-corrected chi connectivity index (χ1v) is 7.67. The molecule has 0 unspecified atom stereocenters. The summed E-state index contributed by atoms with van der Waals surface area (Å²) in [6, 6.07) is 13.5. The molecule has 0 radical (unpaired) electrons. The first-order chi connectivity index (χ1) is 11.7. The second kappa shape index (κ2) is 5.45. The number of carbonyl (C=O) groups is 1. The van der Waals surface area contributed by atoms with Crippen molar-refractivity contribution in [3.63, 3.8) is 0 Å². The lowest BCUT2D eigenvalue weighted by atomic mass is 10.1. The maximum Gasteiger partial charge on any atom is 0.257 e. The van der Waals surface area contributed by atoms with Crippen LogP contribution in [0, 0.1) is 0 Å². The molecule has 0 spiro atoms. The van der Waals surface area contributed by atoms with Gasteiger partial charge < -0.3 is 19.6 Å². The Morgan fingerprint density at radius 3 is 2.88 bits per heavy atom. The topological polar surface area (TPSA) is 59.0 Å². The Bertz CT molecular complexity index is 1060. The van der Waals surface area contributed by atoms with Gasteiger partial charge in [0.2, 0.25) is 0 Å².